The Morgan fingerprint density at radius 2 is 2.08 bits per heavy atom. The molecule has 130 valence electrons. The van der Waals surface area contributed by atoms with Gasteiger partial charge in [0, 0.05) is 44.3 Å². The van der Waals surface area contributed by atoms with Crippen LogP contribution in [0.5, 0.6) is 0 Å². The second-order valence-electron chi connectivity index (χ2n) is 6.76. The van der Waals surface area contributed by atoms with Gasteiger partial charge in [0.2, 0.25) is 0 Å². The number of rotatable bonds is 5. The Morgan fingerprint density at radius 3 is 2.75 bits per heavy atom. The molecule has 0 radical (unpaired) electrons. The van der Waals surface area contributed by atoms with Crippen molar-refractivity contribution >= 4 is 17.4 Å². The monoisotopic (exact) mass is 330 g/mol. The molecule has 0 unspecified atom stereocenters. The highest BCUT2D eigenvalue weighted by atomic mass is 16.5. The van der Waals surface area contributed by atoms with Crippen molar-refractivity contribution in [3.05, 3.63) is 24.0 Å². The van der Waals surface area contributed by atoms with Gasteiger partial charge < -0.3 is 9.64 Å². The highest BCUT2D eigenvalue weighted by Crippen LogP contribution is 2.37. The van der Waals surface area contributed by atoms with E-state index >= 15 is 0 Å². The molecule has 6 nitrogen and oxygen atoms in total. The van der Waals surface area contributed by atoms with E-state index in [1.807, 2.05) is 31.6 Å². The number of fused-ring (bicyclic) bond motifs is 1. The molecule has 0 aliphatic heterocycles. The van der Waals surface area contributed by atoms with Crippen LogP contribution in [0.4, 0.5) is 5.82 Å². The normalized spacial score (nSPS) is 21.0. The number of hydrogen-bond acceptors (Lipinski definition) is 5. The molecule has 0 atom stereocenters. The van der Waals surface area contributed by atoms with Crippen molar-refractivity contribution in [1.29, 1.82) is 0 Å². The van der Waals surface area contributed by atoms with Crippen LogP contribution < -0.4 is 4.90 Å². The molecular formula is C18H26N4O2. The molecule has 2 aromatic heterocycles. The van der Waals surface area contributed by atoms with Crippen molar-refractivity contribution in [2.24, 2.45) is 5.92 Å². The first-order valence-corrected chi connectivity index (χ1v) is 8.76. The summed E-state index contributed by atoms with van der Waals surface area (Å²) in [5.41, 5.74) is 2.03. The predicted molar refractivity (Wildman–Crippen MR) is 93.3 cm³/mol. The molecule has 1 saturated carbocycles. The van der Waals surface area contributed by atoms with E-state index in [4.69, 9.17) is 9.72 Å². The number of nitrogens with zero attached hydrogens (tertiary/aromatic N) is 4. The highest BCUT2D eigenvalue weighted by molar-refractivity contribution is 5.69. The first kappa shape index (κ1) is 16.7. The third-order valence-electron chi connectivity index (χ3n) is 4.84. The summed E-state index contributed by atoms with van der Waals surface area (Å²) < 4.78 is 6.94. The van der Waals surface area contributed by atoms with E-state index in [1.165, 1.54) is 0 Å². The fourth-order valence-electron chi connectivity index (χ4n) is 3.56. The van der Waals surface area contributed by atoms with Crippen LogP contribution in [0.3, 0.4) is 0 Å². The molecule has 24 heavy (non-hydrogen) atoms. The topological polar surface area (TPSA) is 59.7 Å². The lowest BCUT2D eigenvalue weighted by atomic mass is 9.79. The van der Waals surface area contributed by atoms with E-state index in [2.05, 4.69) is 16.1 Å². The van der Waals surface area contributed by atoms with Gasteiger partial charge in [-0.05, 0) is 38.5 Å². The highest BCUT2D eigenvalue weighted by Gasteiger charge is 2.26. The Kier molecular flexibility index (Phi) is 5.02. The lowest BCUT2D eigenvalue weighted by Gasteiger charge is -2.28. The van der Waals surface area contributed by atoms with E-state index < -0.39 is 0 Å². The van der Waals surface area contributed by atoms with Gasteiger partial charge in [-0.25, -0.2) is 4.98 Å². The average molecular weight is 330 g/mol. The van der Waals surface area contributed by atoms with Crippen molar-refractivity contribution in [3.63, 3.8) is 0 Å². The molecule has 6 heteroatoms. The third-order valence-corrected chi connectivity index (χ3v) is 4.84. The summed E-state index contributed by atoms with van der Waals surface area (Å²) in [6.07, 6.45) is 6.62. The first-order chi connectivity index (χ1) is 11.6. The first-order valence-electron chi connectivity index (χ1n) is 8.76. The summed E-state index contributed by atoms with van der Waals surface area (Å²) in [6, 6.07) is 4.10. The van der Waals surface area contributed by atoms with E-state index in [0.29, 0.717) is 24.9 Å². The Hall–Kier alpha value is -2.11. The van der Waals surface area contributed by atoms with Crippen LogP contribution in [0.2, 0.25) is 0 Å². The molecule has 1 aliphatic carbocycles. The zero-order valence-electron chi connectivity index (χ0n) is 14.7. The number of ether oxygens (including phenoxy) is 1. The number of carbonyl (C=O) groups excluding carboxylic acids is 1. The number of anilines is 1. The smallest absolute Gasteiger partial charge is 0.306 e. The van der Waals surface area contributed by atoms with Gasteiger partial charge in [-0.1, -0.05) is 0 Å². The second-order valence-corrected chi connectivity index (χ2v) is 6.76. The third kappa shape index (κ3) is 3.52. The van der Waals surface area contributed by atoms with Crippen LogP contribution in [0.15, 0.2) is 18.3 Å². The molecule has 2 aromatic rings. The van der Waals surface area contributed by atoms with Crippen LogP contribution >= 0.6 is 0 Å². The minimum absolute atomic E-state index is 0.0605. The molecule has 0 amide bonds. The summed E-state index contributed by atoms with van der Waals surface area (Å²) in [4.78, 5) is 18.5. The Bertz CT molecular complexity index is 702. The molecule has 1 fully saturated rings. The van der Waals surface area contributed by atoms with E-state index in [1.54, 1.807) is 6.20 Å². The van der Waals surface area contributed by atoms with Gasteiger partial charge in [0.25, 0.3) is 0 Å². The van der Waals surface area contributed by atoms with Crippen molar-refractivity contribution in [1.82, 2.24) is 14.6 Å². The SMILES string of the molecule is CCOC(=O)CC1CCC(c2cc(N(C)C)n3nccc3n2)CC1. The number of esters is 1. The van der Waals surface area contributed by atoms with Crippen LogP contribution in [-0.2, 0) is 9.53 Å². The maximum atomic E-state index is 11.6. The number of aromatic nitrogens is 3. The molecule has 0 aromatic carbocycles. The van der Waals surface area contributed by atoms with Crippen molar-refractivity contribution < 1.29 is 9.53 Å². The van der Waals surface area contributed by atoms with E-state index in [-0.39, 0.29) is 5.97 Å². The summed E-state index contributed by atoms with van der Waals surface area (Å²) in [5, 5.41) is 4.35. The molecular weight excluding hydrogens is 304 g/mol. The molecule has 2 heterocycles. The standard InChI is InChI=1S/C18H26N4O2/c1-4-24-18(23)11-13-5-7-14(8-6-13)15-12-17(21(2)3)22-16(20-15)9-10-19-22/h9-10,12-14H,4-8,11H2,1-3H3. The van der Waals surface area contributed by atoms with Crippen LogP contribution in [-0.4, -0.2) is 41.3 Å². The average Bonchev–Trinajstić information content (AvgIpc) is 3.03. The zero-order chi connectivity index (χ0) is 17.1. The molecule has 0 saturated heterocycles. The molecule has 0 spiro atoms. The largest absolute Gasteiger partial charge is 0.466 e. The summed E-state index contributed by atoms with van der Waals surface area (Å²) in [5.74, 6) is 1.90. The summed E-state index contributed by atoms with van der Waals surface area (Å²) in [6.45, 7) is 2.33. The van der Waals surface area contributed by atoms with Gasteiger partial charge in [0.1, 0.15) is 5.82 Å². The Labute approximate surface area is 142 Å². The van der Waals surface area contributed by atoms with Gasteiger partial charge in [0.05, 0.1) is 12.8 Å². The molecule has 3 rings (SSSR count). The molecule has 0 N–H and O–H groups in total. The number of hydrogen-bond donors (Lipinski definition) is 0. The van der Waals surface area contributed by atoms with Gasteiger partial charge in [0.15, 0.2) is 5.65 Å². The van der Waals surface area contributed by atoms with Gasteiger partial charge in [-0.2, -0.15) is 9.61 Å². The van der Waals surface area contributed by atoms with Crippen LogP contribution in [0.25, 0.3) is 5.65 Å². The zero-order valence-corrected chi connectivity index (χ0v) is 14.7. The predicted octanol–water partition coefficient (Wildman–Crippen LogP) is 3.02. The van der Waals surface area contributed by atoms with Crippen LogP contribution in [0.1, 0.15) is 50.6 Å². The molecule has 1 aliphatic rings. The Balaban J connectivity index is 1.70. The fourth-order valence-corrected chi connectivity index (χ4v) is 3.56. The summed E-state index contributed by atoms with van der Waals surface area (Å²) in [7, 11) is 4.05. The van der Waals surface area contributed by atoms with Gasteiger partial charge in [-0.15, -0.1) is 0 Å². The van der Waals surface area contributed by atoms with Crippen LogP contribution in [0, 0.1) is 5.92 Å². The van der Waals surface area contributed by atoms with E-state index in [9.17, 15) is 4.79 Å². The summed E-state index contributed by atoms with van der Waals surface area (Å²) >= 11 is 0. The maximum absolute atomic E-state index is 11.6. The van der Waals surface area contributed by atoms with Gasteiger partial charge in [-0.3, -0.25) is 4.79 Å². The lowest BCUT2D eigenvalue weighted by Crippen LogP contribution is -2.20. The van der Waals surface area contributed by atoms with Crippen molar-refractivity contribution in [3.8, 4) is 0 Å². The fraction of sp³-hybridized carbons (Fsp3) is 0.611. The Morgan fingerprint density at radius 1 is 1.33 bits per heavy atom. The van der Waals surface area contributed by atoms with Gasteiger partial charge >= 0.3 is 5.97 Å². The molecule has 0 bridgehead atoms. The lowest BCUT2D eigenvalue weighted by molar-refractivity contribution is -0.144. The van der Waals surface area contributed by atoms with Crippen molar-refractivity contribution in [2.75, 3.05) is 25.6 Å². The second kappa shape index (κ2) is 7.20. The quantitative estimate of drug-likeness (QED) is 0.789. The van der Waals surface area contributed by atoms with E-state index in [0.717, 1.165) is 42.8 Å². The minimum atomic E-state index is -0.0605. The maximum Gasteiger partial charge on any atom is 0.306 e. The minimum Gasteiger partial charge on any atom is -0.466 e. The number of carbonyl (C=O) groups is 1. The van der Waals surface area contributed by atoms with Crippen molar-refractivity contribution in [2.45, 2.75) is 44.9 Å².